The molecule has 0 aliphatic rings. The average Bonchev–Trinajstić information content (AvgIpc) is 2.55. The van der Waals surface area contributed by atoms with Gasteiger partial charge in [0.2, 0.25) is 5.43 Å². The molecule has 1 heterocycles. The summed E-state index contributed by atoms with van der Waals surface area (Å²) >= 11 is 3.38. The van der Waals surface area contributed by atoms with E-state index < -0.39 is 19.7 Å². The number of aromatic carboxylic acids is 1. The van der Waals surface area contributed by atoms with E-state index in [9.17, 15) is 14.7 Å². The number of benzene rings is 1. The third-order valence-corrected chi connectivity index (χ3v) is 6.00. The van der Waals surface area contributed by atoms with E-state index in [0.717, 1.165) is 0 Å². The lowest BCUT2D eigenvalue weighted by molar-refractivity contribution is 0.0694. The molecular formula is C19H26BrNO5Si. The maximum absolute atomic E-state index is 12.7. The molecule has 1 aromatic heterocycles. The van der Waals surface area contributed by atoms with Crippen molar-refractivity contribution in [2.75, 3.05) is 13.7 Å². The number of hydrogen-bond donors (Lipinski definition) is 1. The Hall–Kier alpha value is -1.64. The van der Waals surface area contributed by atoms with Crippen LogP contribution >= 0.6 is 15.9 Å². The molecular weight excluding hydrogens is 430 g/mol. The highest BCUT2D eigenvalue weighted by Crippen LogP contribution is 2.32. The predicted molar refractivity (Wildman–Crippen MR) is 113 cm³/mol. The third kappa shape index (κ3) is 4.80. The number of carboxylic acid groups (broad SMARTS) is 1. The standard InChI is InChI=1S/C19H26BrNO5Si/c1-11(2)16(10-26-27(4,5)6)21-9-13(19(23)24)18(22)12-7-14(20)17(25-3)8-15(12)21/h7-9,11,16H,10H2,1-6H3,(H,23,24). The molecule has 1 N–H and O–H groups in total. The molecule has 0 spiro atoms. The lowest BCUT2D eigenvalue weighted by atomic mass is 10.0. The Kier molecular flexibility index (Phi) is 6.54. The number of aromatic nitrogens is 1. The Morgan fingerprint density at radius 2 is 1.93 bits per heavy atom. The molecule has 0 aliphatic heterocycles. The highest BCUT2D eigenvalue weighted by molar-refractivity contribution is 9.10. The minimum absolute atomic E-state index is 0.121. The quantitative estimate of drug-likeness (QED) is 0.620. The largest absolute Gasteiger partial charge is 0.495 e. The predicted octanol–water partition coefficient (Wildman–Crippen LogP) is 4.52. The van der Waals surface area contributed by atoms with Gasteiger partial charge in [0.25, 0.3) is 0 Å². The molecule has 2 aromatic rings. The summed E-state index contributed by atoms with van der Waals surface area (Å²) in [5.74, 6) is -0.494. The van der Waals surface area contributed by atoms with Crippen LogP contribution in [0.4, 0.5) is 0 Å². The van der Waals surface area contributed by atoms with Crippen molar-refractivity contribution in [3.8, 4) is 5.75 Å². The minimum atomic E-state index is -1.76. The van der Waals surface area contributed by atoms with Crippen LogP contribution in [0.15, 0.2) is 27.6 Å². The lowest BCUT2D eigenvalue weighted by Gasteiger charge is -2.29. The van der Waals surface area contributed by atoms with Crippen LogP contribution in [0.1, 0.15) is 30.2 Å². The number of pyridine rings is 1. The molecule has 1 aromatic carbocycles. The van der Waals surface area contributed by atoms with E-state index in [0.29, 0.717) is 27.7 Å². The van der Waals surface area contributed by atoms with E-state index in [1.165, 1.54) is 6.20 Å². The van der Waals surface area contributed by atoms with Crippen molar-refractivity contribution in [3.05, 3.63) is 38.6 Å². The maximum atomic E-state index is 12.7. The van der Waals surface area contributed by atoms with Gasteiger partial charge >= 0.3 is 5.97 Å². The Morgan fingerprint density at radius 3 is 2.41 bits per heavy atom. The number of rotatable bonds is 7. The summed E-state index contributed by atoms with van der Waals surface area (Å²) in [4.78, 5) is 24.4. The van der Waals surface area contributed by atoms with Crippen LogP contribution in [0.25, 0.3) is 10.9 Å². The van der Waals surface area contributed by atoms with E-state index in [-0.39, 0.29) is 17.5 Å². The molecule has 1 atom stereocenters. The first kappa shape index (κ1) is 21.7. The van der Waals surface area contributed by atoms with Gasteiger partial charge in [-0.05, 0) is 47.6 Å². The number of hydrogen-bond acceptors (Lipinski definition) is 4. The molecule has 0 radical (unpaired) electrons. The van der Waals surface area contributed by atoms with Gasteiger partial charge in [-0.15, -0.1) is 0 Å². The zero-order valence-electron chi connectivity index (χ0n) is 16.5. The number of ether oxygens (including phenoxy) is 1. The number of fused-ring (bicyclic) bond motifs is 1. The van der Waals surface area contributed by atoms with Gasteiger partial charge in [-0.25, -0.2) is 4.79 Å². The van der Waals surface area contributed by atoms with Gasteiger partial charge in [-0.1, -0.05) is 13.8 Å². The number of carboxylic acids is 1. The summed E-state index contributed by atoms with van der Waals surface area (Å²) in [5, 5.41) is 9.86. The Morgan fingerprint density at radius 1 is 1.30 bits per heavy atom. The smallest absolute Gasteiger partial charge is 0.341 e. The number of halogens is 1. The highest BCUT2D eigenvalue weighted by Gasteiger charge is 2.25. The van der Waals surface area contributed by atoms with Crippen molar-refractivity contribution >= 4 is 41.1 Å². The molecule has 0 saturated carbocycles. The van der Waals surface area contributed by atoms with Crippen molar-refractivity contribution in [2.24, 2.45) is 5.92 Å². The van der Waals surface area contributed by atoms with Crippen LogP contribution in [-0.2, 0) is 4.43 Å². The molecule has 8 heteroatoms. The molecule has 0 aliphatic carbocycles. The number of nitrogens with zero attached hydrogens (tertiary/aromatic N) is 1. The third-order valence-electron chi connectivity index (χ3n) is 4.35. The van der Waals surface area contributed by atoms with Gasteiger partial charge in [-0.2, -0.15) is 0 Å². The van der Waals surface area contributed by atoms with Crippen LogP contribution < -0.4 is 10.2 Å². The van der Waals surface area contributed by atoms with Crippen LogP contribution in [-0.4, -0.2) is 37.7 Å². The SMILES string of the molecule is COc1cc2c(cc1Br)c(=O)c(C(=O)O)cn2C(CO[Si](C)(C)C)C(C)C. The van der Waals surface area contributed by atoms with Crippen molar-refractivity contribution in [1.29, 1.82) is 0 Å². The van der Waals surface area contributed by atoms with Crippen LogP contribution in [0, 0.1) is 5.92 Å². The maximum Gasteiger partial charge on any atom is 0.341 e. The summed E-state index contributed by atoms with van der Waals surface area (Å²) in [7, 11) is -0.213. The fourth-order valence-electron chi connectivity index (χ4n) is 2.86. The summed E-state index contributed by atoms with van der Waals surface area (Å²) in [6.07, 6.45) is 1.43. The summed E-state index contributed by atoms with van der Waals surface area (Å²) in [6.45, 7) is 10.9. The summed E-state index contributed by atoms with van der Waals surface area (Å²) in [6, 6.07) is 3.26. The molecule has 1 unspecified atom stereocenters. The minimum Gasteiger partial charge on any atom is -0.495 e. The van der Waals surface area contributed by atoms with Gasteiger partial charge in [0, 0.05) is 17.6 Å². The first-order valence-corrected chi connectivity index (χ1v) is 13.0. The second-order valence-electron chi connectivity index (χ2n) is 7.82. The summed E-state index contributed by atoms with van der Waals surface area (Å²) < 4.78 is 13.9. The van der Waals surface area contributed by atoms with Crippen molar-refractivity contribution in [1.82, 2.24) is 4.57 Å². The van der Waals surface area contributed by atoms with Crippen molar-refractivity contribution in [2.45, 2.75) is 39.5 Å². The average molecular weight is 456 g/mol. The first-order valence-electron chi connectivity index (χ1n) is 8.76. The van der Waals surface area contributed by atoms with Gasteiger partial charge in [0.15, 0.2) is 8.32 Å². The molecule has 6 nitrogen and oxygen atoms in total. The Balaban J connectivity index is 2.80. The first-order chi connectivity index (χ1) is 12.5. The second kappa shape index (κ2) is 8.16. The van der Waals surface area contributed by atoms with Gasteiger partial charge in [0.05, 0.1) is 29.7 Å². The van der Waals surface area contributed by atoms with E-state index in [4.69, 9.17) is 9.16 Å². The Labute approximate surface area is 168 Å². The lowest BCUT2D eigenvalue weighted by Crippen LogP contribution is -2.32. The van der Waals surface area contributed by atoms with E-state index in [1.54, 1.807) is 19.2 Å². The molecule has 148 valence electrons. The fourth-order valence-corrected chi connectivity index (χ4v) is 4.04. The monoisotopic (exact) mass is 455 g/mol. The van der Waals surface area contributed by atoms with Crippen molar-refractivity contribution in [3.63, 3.8) is 0 Å². The highest BCUT2D eigenvalue weighted by atomic mass is 79.9. The Bertz CT molecular complexity index is 917. The fraction of sp³-hybridized carbons (Fsp3) is 0.474. The van der Waals surface area contributed by atoms with Gasteiger partial charge in [-0.3, -0.25) is 4.79 Å². The molecule has 0 bridgehead atoms. The van der Waals surface area contributed by atoms with Crippen molar-refractivity contribution < 1.29 is 19.1 Å². The van der Waals surface area contributed by atoms with E-state index in [1.807, 2.05) is 4.57 Å². The van der Waals surface area contributed by atoms with E-state index >= 15 is 0 Å². The van der Waals surface area contributed by atoms with Gasteiger partial charge < -0.3 is 18.8 Å². The molecule has 0 fully saturated rings. The van der Waals surface area contributed by atoms with E-state index in [2.05, 4.69) is 49.4 Å². The second-order valence-corrected chi connectivity index (χ2v) is 13.2. The molecule has 0 saturated heterocycles. The molecule has 2 rings (SSSR count). The molecule has 27 heavy (non-hydrogen) atoms. The topological polar surface area (TPSA) is 77.8 Å². The normalized spacial score (nSPS) is 13.2. The zero-order chi connectivity index (χ0) is 20.5. The van der Waals surface area contributed by atoms with Crippen LogP contribution in [0.2, 0.25) is 19.6 Å². The number of carbonyl (C=O) groups is 1. The number of methoxy groups -OCH3 is 1. The van der Waals surface area contributed by atoms with Crippen LogP contribution in [0.5, 0.6) is 5.75 Å². The molecule has 0 amide bonds. The van der Waals surface area contributed by atoms with Gasteiger partial charge in [0.1, 0.15) is 11.3 Å². The van der Waals surface area contributed by atoms with Crippen LogP contribution in [0.3, 0.4) is 0 Å². The zero-order valence-corrected chi connectivity index (χ0v) is 19.1. The summed E-state index contributed by atoms with van der Waals surface area (Å²) in [5.41, 5.74) is -0.133.